The second-order valence-corrected chi connectivity index (χ2v) is 5.96. The number of anilines is 3. The second-order valence-electron chi connectivity index (χ2n) is 5.11. The predicted octanol–water partition coefficient (Wildman–Crippen LogP) is 5.52. The Hall–Kier alpha value is -2.63. The van der Waals surface area contributed by atoms with Gasteiger partial charge in [0, 0.05) is 22.6 Å². The molecule has 0 radical (unpaired) electrons. The second kappa shape index (κ2) is 7.51. The van der Waals surface area contributed by atoms with E-state index in [-0.39, 0.29) is 5.02 Å². The number of amides is 1. The number of halogens is 3. The van der Waals surface area contributed by atoms with Crippen molar-refractivity contribution in [1.29, 1.82) is 0 Å². The summed E-state index contributed by atoms with van der Waals surface area (Å²) in [7, 11) is 0. The minimum absolute atomic E-state index is 0.0662. The van der Waals surface area contributed by atoms with Gasteiger partial charge in [0.05, 0.1) is 10.6 Å². The quantitative estimate of drug-likeness (QED) is 0.630. The normalized spacial score (nSPS) is 10.4. The first-order valence-corrected chi connectivity index (χ1v) is 8.02. The first-order chi connectivity index (χ1) is 12.0. The van der Waals surface area contributed by atoms with Gasteiger partial charge in [-0.3, -0.25) is 4.79 Å². The molecule has 1 amide bonds. The minimum atomic E-state index is -0.550. The lowest BCUT2D eigenvalue weighted by molar-refractivity contribution is 0.102. The molecule has 0 aliphatic carbocycles. The summed E-state index contributed by atoms with van der Waals surface area (Å²) < 4.78 is 13.2. The summed E-state index contributed by atoms with van der Waals surface area (Å²) in [6, 6.07) is 14.3. The monoisotopic (exact) mass is 375 g/mol. The smallest absolute Gasteiger partial charge is 0.259 e. The van der Waals surface area contributed by atoms with Crippen LogP contribution in [0, 0.1) is 5.82 Å². The Morgan fingerprint density at radius 1 is 1.00 bits per heavy atom. The average molecular weight is 376 g/mol. The molecular formula is C18H12Cl2FN3O. The molecule has 3 aromatic rings. The number of hydrogen-bond donors (Lipinski definition) is 2. The van der Waals surface area contributed by atoms with Crippen LogP contribution in [0.3, 0.4) is 0 Å². The van der Waals surface area contributed by atoms with Crippen molar-refractivity contribution in [2.45, 2.75) is 0 Å². The van der Waals surface area contributed by atoms with Crippen molar-refractivity contribution >= 4 is 46.3 Å². The molecule has 1 heterocycles. The van der Waals surface area contributed by atoms with Crippen LogP contribution in [0.4, 0.5) is 21.6 Å². The highest BCUT2D eigenvalue weighted by Crippen LogP contribution is 2.23. The van der Waals surface area contributed by atoms with Gasteiger partial charge in [-0.05, 0) is 54.6 Å². The van der Waals surface area contributed by atoms with Gasteiger partial charge in [0.25, 0.3) is 5.91 Å². The topological polar surface area (TPSA) is 54.0 Å². The number of benzene rings is 2. The van der Waals surface area contributed by atoms with E-state index in [1.54, 1.807) is 42.6 Å². The standard InChI is InChI=1S/C18H12Cl2FN3O/c19-11-3-5-12(6-4-11)23-17-14(2-1-9-22-17)18(25)24-13-7-8-16(21)15(20)10-13/h1-10H,(H,22,23)(H,24,25). The molecule has 7 heteroatoms. The molecule has 0 saturated carbocycles. The molecule has 0 fully saturated rings. The summed E-state index contributed by atoms with van der Waals surface area (Å²) in [6.07, 6.45) is 1.57. The van der Waals surface area contributed by atoms with Gasteiger partial charge in [-0.15, -0.1) is 0 Å². The highest BCUT2D eigenvalue weighted by molar-refractivity contribution is 6.31. The van der Waals surface area contributed by atoms with E-state index in [4.69, 9.17) is 23.2 Å². The molecule has 1 aromatic heterocycles. The predicted molar refractivity (Wildman–Crippen MR) is 98.3 cm³/mol. The van der Waals surface area contributed by atoms with Gasteiger partial charge >= 0.3 is 0 Å². The fourth-order valence-electron chi connectivity index (χ4n) is 2.13. The molecule has 0 atom stereocenters. The third-order valence-corrected chi connectivity index (χ3v) is 3.88. The molecule has 3 rings (SSSR count). The Labute approximate surface area is 153 Å². The molecule has 0 bridgehead atoms. The molecule has 4 nitrogen and oxygen atoms in total. The lowest BCUT2D eigenvalue weighted by Gasteiger charge is -2.11. The highest BCUT2D eigenvalue weighted by atomic mass is 35.5. The molecule has 0 aliphatic heterocycles. The molecule has 2 N–H and O–H groups in total. The van der Waals surface area contributed by atoms with Gasteiger partial charge in [-0.2, -0.15) is 0 Å². The number of nitrogens with one attached hydrogen (secondary N) is 2. The molecule has 0 aliphatic rings. The van der Waals surface area contributed by atoms with Crippen molar-refractivity contribution in [2.75, 3.05) is 10.6 Å². The van der Waals surface area contributed by atoms with Crippen molar-refractivity contribution in [2.24, 2.45) is 0 Å². The number of carbonyl (C=O) groups is 1. The number of aromatic nitrogens is 1. The number of nitrogens with zero attached hydrogens (tertiary/aromatic N) is 1. The number of carbonyl (C=O) groups excluding carboxylic acids is 1. The van der Waals surface area contributed by atoms with Crippen molar-refractivity contribution in [1.82, 2.24) is 4.98 Å². The SMILES string of the molecule is O=C(Nc1ccc(F)c(Cl)c1)c1cccnc1Nc1ccc(Cl)cc1. The van der Waals surface area contributed by atoms with Crippen LogP contribution in [0.2, 0.25) is 10.0 Å². The van der Waals surface area contributed by atoms with E-state index in [1.807, 2.05) is 0 Å². The summed E-state index contributed by atoms with van der Waals surface area (Å²) >= 11 is 11.6. The third kappa shape index (κ3) is 4.26. The Kier molecular flexibility index (Phi) is 5.16. The van der Waals surface area contributed by atoms with Crippen LogP contribution in [0.15, 0.2) is 60.8 Å². The summed E-state index contributed by atoms with van der Waals surface area (Å²) in [6.45, 7) is 0. The van der Waals surface area contributed by atoms with Crippen LogP contribution in [0.1, 0.15) is 10.4 Å². The lowest BCUT2D eigenvalue weighted by Crippen LogP contribution is -2.14. The van der Waals surface area contributed by atoms with Gasteiger partial charge in [0.2, 0.25) is 0 Å². The largest absolute Gasteiger partial charge is 0.340 e. The zero-order valence-electron chi connectivity index (χ0n) is 12.8. The van der Waals surface area contributed by atoms with Gasteiger partial charge in [0.15, 0.2) is 0 Å². The van der Waals surface area contributed by atoms with Crippen molar-refractivity contribution < 1.29 is 9.18 Å². The molecule has 0 unspecified atom stereocenters. The van der Waals surface area contributed by atoms with E-state index in [1.165, 1.54) is 18.2 Å². The van der Waals surface area contributed by atoms with E-state index in [9.17, 15) is 9.18 Å². The van der Waals surface area contributed by atoms with Crippen LogP contribution in [-0.2, 0) is 0 Å². The van der Waals surface area contributed by atoms with Crippen LogP contribution in [0.25, 0.3) is 0 Å². The summed E-state index contributed by atoms with van der Waals surface area (Å²) in [5.41, 5.74) is 1.46. The van der Waals surface area contributed by atoms with E-state index < -0.39 is 11.7 Å². The maximum Gasteiger partial charge on any atom is 0.259 e. The lowest BCUT2D eigenvalue weighted by atomic mass is 10.2. The number of pyridine rings is 1. The zero-order chi connectivity index (χ0) is 17.8. The number of rotatable bonds is 4. The van der Waals surface area contributed by atoms with Crippen molar-refractivity contribution in [3.63, 3.8) is 0 Å². The fourth-order valence-corrected chi connectivity index (χ4v) is 2.44. The Balaban J connectivity index is 1.82. The summed E-state index contributed by atoms with van der Waals surface area (Å²) in [5, 5.41) is 6.28. The van der Waals surface area contributed by atoms with Crippen molar-refractivity contribution in [3.05, 3.63) is 82.2 Å². The molecule has 0 saturated heterocycles. The summed E-state index contributed by atoms with van der Waals surface area (Å²) in [5.74, 6) is -0.561. The average Bonchev–Trinajstić information content (AvgIpc) is 2.60. The molecule has 2 aromatic carbocycles. The van der Waals surface area contributed by atoms with E-state index >= 15 is 0 Å². The minimum Gasteiger partial charge on any atom is -0.340 e. The van der Waals surface area contributed by atoms with Crippen LogP contribution in [0.5, 0.6) is 0 Å². The zero-order valence-corrected chi connectivity index (χ0v) is 14.3. The van der Waals surface area contributed by atoms with Crippen LogP contribution >= 0.6 is 23.2 Å². The Morgan fingerprint density at radius 3 is 2.44 bits per heavy atom. The maximum atomic E-state index is 13.2. The molecule has 25 heavy (non-hydrogen) atoms. The molecule has 126 valence electrons. The van der Waals surface area contributed by atoms with Crippen LogP contribution in [-0.4, -0.2) is 10.9 Å². The Bertz CT molecular complexity index is 916. The summed E-state index contributed by atoms with van der Waals surface area (Å²) in [4.78, 5) is 16.7. The van der Waals surface area contributed by atoms with Crippen LogP contribution < -0.4 is 10.6 Å². The van der Waals surface area contributed by atoms with E-state index in [0.717, 1.165) is 5.69 Å². The maximum absolute atomic E-state index is 13.2. The van der Waals surface area contributed by atoms with E-state index in [0.29, 0.717) is 22.1 Å². The van der Waals surface area contributed by atoms with Gasteiger partial charge in [-0.1, -0.05) is 23.2 Å². The van der Waals surface area contributed by atoms with Gasteiger partial charge < -0.3 is 10.6 Å². The van der Waals surface area contributed by atoms with Gasteiger partial charge in [0.1, 0.15) is 11.6 Å². The first kappa shape index (κ1) is 17.2. The Morgan fingerprint density at radius 2 is 1.72 bits per heavy atom. The third-order valence-electron chi connectivity index (χ3n) is 3.34. The fraction of sp³-hybridized carbons (Fsp3) is 0. The molecule has 0 spiro atoms. The molecular weight excluding hydrogens is 364 g/mol. The number of hydrogen-bond acceptors (Lipinski definition) is 3. The first-order valence-electron chi connectivity index (χ1n) is 7.27. The van der Waals surface area contributed by atoms with Crippen molar-refractivity contribution in [3.8, 4) is 0 Å². The highest BCUT2D eigenvalue weighted by Gasteiger charge is 2.13. The van der Waals surface area contributed by atoms with Gasteiger partial charge in [-0.25, -0.2) is 9.37 Å². The van der Waals surface area contributed by atoms with E-state index in [2.05, 4.69) is 15.6 Å².